The number of anilines is 1. The van der Waals surface area contributed by atoms with Gasteiger partial charge in [0.2, 0.25) is 5.91 Å². The lowest BCUT2D eigenvalue weighted by atomic mass is 9.93. The fourth-order valence-electron chi connectivity index (χ4n) is 3.62. The standard InChI is InChI=1S/C16H23F3N4O2/c1-10-7-13(16(17,18)19)23-14(20-10)8-12(21-23)11-3-5-22(6-4-11)15(24)9-25-2/h8,10-11,13,20H,3-7,9H2,1-2H3/t10-,13-/m1/s1. The van der Waals surface area contributed by atoms with Crippen LogP contribution in [0.3, 0.4) is 0 Å². The Labute approximate surface area is 144 Å². The van der Waals surface area contributed by atoms with Crippen LogP contribution in [0.1, 0.15) is 43.8 Å². The third kappa shape index (κ3) is 3.75. The van der Waals surface area contributed by atoms with E-state index in [0.29, 0.717) is 37.4 Å². The summed E-state index contributed by atoms with van der Waals surface area (Å²) in [5.41, 5.74) is 0.671. The molecule has 0 bridgehead atoms. The molecule has 1 fully saturated rings. The number of methoxy groups -OCH3 is 1. The summed E-state index contributed by atoms with van der Waals surface area (Å²) in [6, 6.07) is -0.112. The molecule has 140 valence electrons. The van der Waals surface area contributed by atoms with Crippen LogP contribution in [0.2, 0.25) is 0 Å². The first-order valence-corrected chi connectivity index (χ1v) is 8.49. The Kier molecular flexibility index (Phi) is 4.95. The van der Waals surface area contributed by atoms with E-state index >= 15 is 0 Å². The SMILES string of the molecule is COCC(=O)N1CCC(c2cc3n(n2)[C@@H](C(F)(F)F)C[C@@H](C)N3)CC1. The average Bonchev–Trinajstić information content (AvgIpc) is 2.97. The van der Waals surface area contributed by atoms with Crippen molar-refractivity contribution in [2.45, 2.75) is 50.4 Å². The summed E-state index contributed by atoms with van der Waals surface area (Å²) in [4.78, 5) is 13.6. The van der Waals surface area contributed by atoms with Gasteiger partial charge in [-0.05, 0) is 26.2 Å². The van der Waals surface area contributed by atoms with Crippen molar-refractivity contribution < 1.29 is 22.7 Å². The highest BCUT2D eigenvalue weighted by molar-refractivity contribution is 5.77. The molecule has 6 nitrogen and oxygen atoms in total. The molecular weight excluding hydrogens is 337 g/mol. The van der Waals surface area contributed by atoms with E-state index in [1.165, 1.54) is 7.11 Å². The fraction of sp³-hybridized carbons (Fsp3) is 0.750. The second kappa shape index (κ2) is 6.86. The normalized spacial score (nSPS) is 24.8. The third-order valence-corrected chi connectivity index (χ3v) is 4.93. The number of fused-ring (bicyclic) bond motifs is 1. The molecule has 0 saturated carbocycles. The Morgan fingerprint density at radius 2 is 2.08 bits per heavy atom. The number of piperidine rings is 1. The van der Waals surface area contributed by atoms with E-state index in [9.17, 15) is 18.0 Å². The molecule has 2 atom stereocenters. The molecule has 0 aliphatic carbocycles. The molecule has 1 saturated heterocycles. The molecule has 3 rings (SSSR count). The van der Waals surface area contributed by atoms with Crippen LogP contribution in [0.25, 0.3) is 0 Å². The maximum atomic E-state index is 13.3. The molecule has 1 amide bonds. The number of carbonyl (C=O) groups is 1. The number of aromatic nitrogens is 2. The molecule has 0 radical (unpaired) electrons. The molecule has 3 heterocycles. The monoisotopic (exact) mass is 360 g/mol. The second-order valence-electron chi connectivity index (χ2n) is 6.83. The van der Waals surface area contributed by atoms with Gasteiger partial charge in [0.1, 0.15) is 12.4 Å². The van der Waals surface area contributed by atoms with Gasteiger partial charge in [-0.1, -0.05) is 0 Å². The molecule has 0 unspecified atom stereocenters. The van der Waals surface area contributed by atoms with Crippen LogP contribution in [0.15, 0.2) is 6.07 Å². The molecule has 25 heavy (non-hydrogen) atoms. The molecule has 2 aliphatic heterocycles. The lowest BCUT2D eigenvalue weighted by molar-refractivity contribution is -0.173. The molecule has 2 aliphatic rings. The van der Waals surface area contributed by atoms with E-state index in [1.807, 2.05) is 0 Å². The van der Waals surface area contributed by atoms with E-state index in [1.54, 1.807) is 17.9 Å². The van der Waals surface area contributed by atoms with Crippen molar-refractivity contribution >= 4 is 11.7 Å². The van der Waals surface area contributed by atoms with Gasteiger partial charge in [0.25, 0.3) is 0 Å². The number of likely N-dealkylation sites (tertiary alicyclic amines) is 1. The number of amides is 1. The molecule has 0 spiro atoms. The number of halogens is 3. The van der Waals surface area contributed by atoms with E-state index in [2.05, 4.69) is 10.4 Å². The van der Waals surface area contributed by atoms with Crippen molar-refractivity contribution in [3.63, 3.8) is 0 Å². The number of carbonyl (C=O) groups excluding carboxylic acids is 1. The molecule has 9 heteroatoms. The van der Waals surface area contributed by atoms with Crippen LogP contribution in [0.4, 0.5) is 19.0 Å². The number of hydrogen-bond acceptors (Lipinski definition) is 4. The first-order chi connectivity index (χ1) is 11.8. The Morgan fingerprint density at radius 1 is 1.40 bits per heavy atom. The Bertz CT molecular complexity index is 623. The number of nitrogens with one attached hydrogen (secondary N) is 1. The minimum absolute atomic E-state index is 0.0262. The number of hydrogen-bond donors (Lipinski definition) is 1. The number of alkyl halides is 3. The van der Waals surface area contributed by atoms with Crippen LogP contribution in [-0.2, 0) is 9.53 Å². The quantitative estimate of drug-likeness (QED) is 0.900. The van der Waals surface area contributed by atoms with Crippen LogP contribution in [0.5, 0.6) is 0 Å². The highest BCUT2D eigenvalue weighted by atomic mass is 19.4. The van der Waals surface area contributed by atoms with E-state index < -0.39 is 12.2 Å². The van der Waals surface area contributed by atoms with Crippen molar-refractivity contribution in [1.29, 1.82) is 0 Å². The summed E-state index contributed by atoms with van der Waals surface area (Å²) in [5, 5.41) is 7.35. The summed E-state index contributed by atoms with van der Waals surface area (Å²) in [6.45, 7) is 2.94. The summed E-state index contributed by atoms with van der Waals surface area (Å²) < 4.78 is 45.9. The van der Waals surface area contributed by atoms with Crippen LogP contribution >= 0.6 is 0 Å². The summed E-state index contributed by atoms with van der Waals surface area (Å²) >= 11 is 0. The summed E-state index contributed by atoms with van der Waals surface area (Å²) in [6.07, 6.45) is -2.96. The van der Waals surface area contributed by atoms with Gasteiger partial charge in [0.15, 0.2) is 6.04 Å². The maximum Gasteiger partial charge on any atom is 0.410 e. The zero-order valence-corrected chi connectivity index (χ0v) is 14.3. The number of nitrogens with zero attached hydrogens (tertiary/aromatic N) is 3. The highest BCUT2D eigenvalue weighted by Crippen LogP contribution is 2.40. The zero-order chi connectivity index (χ0) is 18.2. The van der Waals surface area contributed by atoms with Crippen molar-refractivity contribution in [2.75, 3.05) is 32.1 Å². The van der Waals surface area contributed by atoms with Gasteiger partial charge in [-0.15, -0.1) is 0 Å². The van der Waals surface area contributed by atoms with Gasteiger partial charge >= 0.3 is 6.18 Å². The smallest absolute Gasteiger partial charge is 0.375 e. The summed E-state index contributed by atoms with van der Waals surface area (Å²) in [7, 11) is 1.48. The average molecular weight is 360 g/mol. The minimum Gasteiger partial charge on any atom is -0.375 e. The van der Waals surface area contributed by atoms with Gasteiger partial charge in [0.05, 0.1) is 5.69 Å². The number of rotatable bonds is 3. The maximum absolute atomic E-state index is 13.3. The molecular formula is C16H23F3N4O2. The van der Waals surface area contributed by atoms with Gasteiger partial charge in [-0.2, -0.15) is 18.3 Å². The lowest BCUT2D eigenvalue weighted by Crippen LogP contribution is -2.40. The van der Waals surface area contributed by atoms with Crippen molar-refractivity contribution in [1.82, 2.24) is 14.7 Å². The van der Waals surface area contributed by atoms with Gasteiger partial charge in [0, 0.05) is 38.2 Å². The first-order valence-electron chi connectivity index (χ1n) is 8.49. The topological polar surface area (TPSA) is 59.4 Å². The highest BCUT2D eigenvalue weighted by Gasteiger charge is 2.45. The van der Waals surface area contributed by atoms with Crippen molar-refractivity contribution in [3.05, 3.63) is 11.8 Å². The van der Waals surface area contributed by atoms with Crippen molar-refractivity contribution in [2.24, 2.45) is 0 Å². The molecule has 1 aromatic heterocycles. The Hall–Kier alpha value is -1.77. The fourth-order valence-corrected chi connectivity index (χ4v) is 3.62. The molecule has 0 aromatic carbocycles. The third-order valence-electron chi connectivity index (χ3n) is 4.93. The van der Waals surface area contributed by atoms with E-state index in [-0.39, 0.29) is 30.9 Å². The predicted molar refractivity (Wildman–Crippen MR) is 85.5 cm³/mol. The van der Waals surface area contributed by atoms with Crippen LogP contribution in [-0.4, -0.2) is 59.6 Å². The Balaban J connectivity index is 1.72. The largest absolute Gasteiger partial charge is 0.410 e. The zero-order valence-electron chi connectivity index (χ0n) is 14.3. The lowest BCUT2D eigenvalue weighted by Gasteiger charge is -2.31. The van der Waals surface area contributed by atoms with Gasteiger partial charge in [-0.25, -0.2) is 4.68 Å². The summed E-state index contributed by atoms with van der Waals surface area (Å²) in [5.74, 6) is 0.433. The van der Waals surface area contributed by atoms with Gasteiger partial charge in [-0.3, -0.25) is 4.79 Å². The van der Waals surface area contributed by atoms with E-state index in [4.69, 9.17) is 4.74 Å². The van der Waals surface area contributed by atoms with Crippen LogP contribution < -0.4 is 5.32 Å². The predicted octanol–water partition coefficient (Wildman–Crippen LogP) is 2.54. The minimum atomic E-state index is -4.32. The molecule has 1 N–H and O–H groups in total. The van der Waals surface area contributed by atoms with E-state index in [0.717, 1.165) is 4.68 Å². The second-order valence-corrected chi connectivity index (χ2v) is 6.83. The molecule has 1 aromatic rings. The first kappa shape index (κ1) is 18.0. The Morgan fingerprint density at radius 3 is 2.68 bits per heavy atom. The van der Waals surface area contributed by atoms with Gasteiger partial charge < -0.3 is 15.0 Å². The number of ether oxygens (including phenoxy) is 1. The van der Waals surface area contributed by atoms with Crippen LogP contribution in [0, 0.1) is 0 Å². The van der Waals surface area contributed by atoms with Crippen molar-refractivity contribution in [3.8, 4) is 0 Å².